The second-order valence-electron chi connectivity index (χ2n) is 6.62. The number of carbonyl (C=O) groups excluding carboxylic acids is 1. The Morgan fingerprint density at radius 2 is 1.84 bits per heavy atom. The number of amides is 1. The Hall–Kier alpha value is -3.98. The third-order valence-corrected chi connectivity index (χ3v) is 5.43. The van der Waals surface area contributed by atoms with Gasteiger partial charge < -0.3 is 9.15 Å². The molecule has 0 saturated carbocycles. The highest BCUT2D eigenvalue weighted by atomic mass is 32.2. The van der Waals surface area contributed by atoms with Crippen LogP contribution in [0.1, 0.15) is 5.76 Å². The third-order valence-electron chi connectivity index (χ3n) is 4.50. The van der Waals surface area contributed by atoms with Crippen molar-refractivity contribution in [3.8, 4) is 22.8 Å². The molecule has 0 aliphatic rings. The van der Waals surface area contributed by atoms with Crippen molar-refractivity contribution in [2.45, 2.75) is 5.16 Å². The highest BCUT2D eigenvalue weighted by molar-refractivity contribution is 7.99. The Morgan fingerprint density at radius 3 is 2.53 bits per heavy atom. The number of furan rings is 1. The monoisotopic (exact) mass is 447 g/mol. The zero-order valence-corrected chi connectivity index (χ0v) is 18.1. The van der Waals surface area contributed by atoms with Crippen LogP contribution in [0.4, 0.5) is 0 Å². The molecule has 2 N–H and O–H groups in total. The molecular formula is C23H21N5O3S. The van der Waals surface area contributed by atoms with E-state index in [9.17, 15) is 4.79 Å². The van der Waals surface area contributed by atoms with Crippen molar-refractivity contribution in [1.82, 2.24) is 25.6 Å². The first-order valence-corrected chi connectivity index (χ1v) is 10.7. The summed E-state index contributed by atoms with van der Waals surface area (Å²) in [6.45, 7) is 3.83. The van der Waals surface area contributed by atoms with Crippen LogP contribution in [0.5, 0.6) is 5.75 Å². The molecule has 4 aromatic rings. The molecule has 0 unspecified atom stereocenters. The van der Waals surface area contributed by atoms with E-state index in [0.717, 1.165) is 17.0 Å². The first kappa shape index (κ1) is 21.3. The first-order chi connectivity index (χ1) is 15.7. The molecule has 0 fully saturated rings. The minimum absolute atomic E-state index is 0.131. The van der Waals surface area contributed by atoms with Crippen molar-refractivity contribution in [3.63, 3.8) is 0 Å². The fourth-order valence-corrected chi connectivity index (χ4v) is 3.68. The molecule has 0 bridgehead atoms. The number of hydrogen-bond acceptors (Lipinski definition) is 7. The van der Waals surface area contributed by atoms with Crippen molar-refractivity contribution in [2.24, 2.45) is 0 Å². The van der Waals surface area contributed by atoms with E-state index in [1.54, 1.807) is 19.2 Å². The number of methoxy groups -OCH3 is 1. The van der Waals surface area contributed by atoms with Crippen molar-refractivity contribution in [1.29, 1.82) is 0 Å². The Balaban J connectivity index is 1.50. The maximum absolute atomic E-state index is 12.3. The Morgan fingerprint density at radius 1 is 1.06 bits per heavy atom. The minimum atomic E-state index is -0.240. The highest BCUT2D eigenvalue weighted by Crippen LogP contribution is 2.28. The van der Waals surface area contributed by atoms with Crippen LogP contribution in [0.3, 0.4) is 0 Å². The van der Waals surface area contributed by atoms with Crippen LogP contribution in [-0.2, 0) is 4.79 Å². The molecule has 8 nitrogen and oxygen atoms in total. The summed E-state index contributed by atoms with van der Waals surface area (Å²) >= 11 is 1.28. The number of nitrogens with one attached hydrogen (secondary N) is 2. The number of hydrogen-bond donors (Lipinski definition) is 2. The van der Waals surface area contributed by atoms with Gasteiger partial charge in [-0.25, -0.2) is 0 Å². The van der Waals surface area contributed by atoms with Gasteiger partial charge in [-0.3, -0.25) is 20.2 Å². The maximum atomic E-state index is 12.3. The number of carbonyl (C=O) groups is 1. The van der Waals surface area contributed by atoms with E-state index in [-0.39, 0.29) is 11.7 Å². The average molecular weight is 448 g/mol. The summed E-state index contributed by atoms with van der Waals surface area (Å²) in [5, 5.41) is 9.31. The number of thioether (sulfide) groups is 1. The van der Waals surface area contributed by atoms with E-state index in [1.165, 1.54) is 18.0 Å². The molecule has 0 atom stereocenters. The topological polar surface area (TPSA) is 94.2 Å². The van der Waals surface area contributed by atoms with Crippen molar-refractivity contribution >= 4 is 23.4 Å². The molecule has 0 spiro atoms. The molecule has 0 aliphatic heterocycles. The van der Waals surface area contributed by atoms with Crippen LogP contribution in [-0.4, -0.2) is 33.5 Å². The Bertz CT molecular complexity index is 1190. The average Bonchev–Trinajstić information content (AvgIpc) is 3.52. The lowest BCUT2D eigenvalue weighted by Crippen LogP contribution is -2.37. The molecule has 9 heteroatoms. The largest absolute Gasteiger partial charge is 0.497 e. The van der Waals surface area contributed by atoms with E-state index in [1.807, 2.05) is 59.2 Å². The summed E-state index contributed by atoms with van der Waals surface area (Å²) in [4.78, 5) is 12.3. The molecule has 0 aliphatic carbocycles. The van der Waals surface area contributed by atoms with Gasteiger partial charge in [-0.15, -0.1) is 10.2 Å². The molecule has 0 saturated heterocycles. The van der Waals surface area contributed by atoms with Gasteiger partial charge in [-0.2, -0.15) is 0 Å². The molecule has 2 aromatic carbocycles. The van der Waals surface area contributed by atoms with Crippen LogP contribution < -0.4 is 15.6 Å². The van der Waals surface area contributed by atoms with Gasteiger partial charge in [0.1, 0.15) is 5.75 Å². The van der Waals surface area contributed by atoms with Gasteiger partial charge in [0.15, 0.2) is 16.7 Å². The summed E-state index contributed by atoms with van der Waals surface area (Å²) in [6.07, 6.45) is 1.54. The molecule has 2 heterocycles. The van der Waals surface area contributed by atoms with Crippen LogP contribution in [0, 0.1) is 0 Å². The van der Waals surface area contributed by atoms with Crippen LogP contribution >= 0.6 is 11.8 Å². The molecule has 32 heavy (non-hydrogen) atoms. The van der Waals surface area contributed by atoms with Gasteiger partial charge in [-0.05, 0) is 48.5 Å². The molecule has 2 aromatic heterocycles. The molecule has 162 valence electrons. The number of para-hydroxylation sites is 1. The number of hydrazine groups is 1. The Labute approximate surface area is 189 Å². The normalized spacial score (nSPS) is 10.5. The first-order valence-electron chi connectivity index (χ1n) is 9.71. The fourth-order valence-electron chi connectivity index (χ4n) is 2.92. The third kappa shape index (κ3) is 4.84. The van der Waals surface area contributed by atoms with Crippen LogP contribution in [0.25, 0.3) is 22.8 Å². The van der Waals surface area contributed by atoms with Crippen LogP contribution in [0.15, 0.2) is 89.1 Å². The van der Waals surface area contributed by atoms with E-state index in [0.29, 0.717) is 22.4 Å². The molecular weight excluding hydrogens is 426 g/mol. The lowest BCUT2D eigenvalue weighted by molar-refractivity contribution is -0.119. The van der Waals surface area contributed by atoms with E-state index in [4.69, 9.17) is 9.15 Å². The second-order valence-corrected chi connectivity index (χ2v) is 7.57. The van der Waals surface area contributed by atoms with Crippen molar-refractivity contribution < 1.29 is 13.9 Å². The van der Waals surface area contributed by atoms with Crippen molar-refractivity contribution in [3.05, 3.63) is 85.3 Å². The van der Waals surface area contributed by atoms with Crippen LogP contribution in [0.2, 0.25) is 0 Å². The standard InChI is InChI=1S/C23H21N5O3S/c1-16(20-9-6-14-31-20)24-25-21(29)15-32-23-27-26-22(17-10-12-19(30-2)13-11-17)28(23)18-7-4-3-5-8-18/h3-14,24H,1,15H2,2H3,(H,25,29). The molecule has 4 rings (SSSR count). The summed E-state index contributed by atoms with van der Waals surface area (Å²) in [6, 6.07) is 20.9. The zero-order valence-electron chi connectivity index (χ0n) is 17.3. The quantitative estimate of drug-likeness (QED) is 0.297. The van der Waals surface area contributed by atoms with E-state index in [2.05, 4.69) is 27.6 Å². The number of aromatic nitrogens is 3. The Kier molecular flexibility index (Phi) is 6.57. The number of benzene rings is 2. The molecule has 1 amide bonds. The lowest BCUT2D eigenvalue weighted by Gasteiger charge is -2.11. The minimum Gasteiger partial charge on any atom is -0.497 e. The summed E-state index contributed by atoms with van der Waals surface area (Å²) in [5.74, 6) is 1.87. The summed E-state index contributed by atoms with van der Waals surface area (Å²) in [5.41, 5.74) is 7.61. The maximum Gasteiger partial charge on any atom is 0.248 e. The van der Waals surface area contributed by atoms with E-state index < -0.39 is 0 Å². The zero-order chi connectivity index (χ0) is 22.3. The summed E-state index contributed by atoms with van der Waals surface area (Å²) in [7, 11) is 1.63. The van der Waals surface area contributed by atoms with Gasteiger partial charge in [0.2, 0.25) is 5.91 Å². The predicted molar refractivity (Wildman–Crippen MR) is 123 cm³/mol. The number of nitrogens with zero attached hydrogens (tertiary/aromatic N) is 3. The number of ether oxygens (including phenoxy) is 1. The van der Waals surface area contributed by atoms with Gasteiger partial charge in [0.25, 0.3) is 0 Å². The lowest BCUT2D eigenvalue weighted by atomic mass is 10.2. The molecule has 0 radical (unpaired) electrons. The van der Waals surface area contributed by atoms with Gasteiger partial charge in [-0.1, -0.05) is 36.5 Å². The van der Waals surface area contributed by atoms with E-state index >= 15 is 0 Å². The smallest absolute Gasteiger partial charge is 0.248 e. The van der Waals surface area contributed by atoms with Gasteiger partial charge >= 0.3 is 0 Å². The second kappa shape index (κ2) is 9.88. The summed E-state index contributed by atoms with van der Waals surface area (Å²) < 4.78 is 12.4. The predicted octanol–water partition coefficient (Wildman–Crippen LogP) is 3.92. The van der Waals surface area contributed by atoms with Gasteiger partial charge in [0.05, 0.1) is 24.8 Å². The van der Waals surface area contributed by atoms with Crippen molar-refractivity contribution in [2.75, 3.05) is 12.9 Å². The SMILES string of the molecule is C=C(NNC(=O)CSc1nnc(-c2ccc(OC)cc2)n1-c1ccccc1)c1ccco1. The fraction of sp³-hybridized carbons (Fsp3) is 0.0870. The van der Waals surface area contributed by atoms with Gasteiger partial charge in [0, 0.05) is 11.3 Å². The highest BCUT2D eigenvalue weighted by Gasteiger charge is 2.17. The number of rotatable bonds is 9.